The summed E-state index contributed by atoms with van der Waals surface area (Å²) in [5.41, 5.74) is 31.2. The molecular formula is C90H124F2N16O11. The number of azide groups is 2. The number of hydrogen-bond donors (Lipinski definition) is 7. The molecule has 3 amide bonds. The summed E-state index contributed by atoms with van der Waals surface area (Å²) in [6.45, 7) is 17.5. The summed E-state index contributed by atoms with van der Waals surface area (Å²) in [4.78, 5) is 80.7. The number of fused-ring (bicyclic) bond motifs is 4. The van der Waals surface area contributed by atoms with Crippen LogP contribution in [-0.4, -0.2) is 216 Å². The molecule has 6 aromatic carbocycles. The van der Waals surface area contributed by atoms with Gasteiger partial charge in [-0.3, -0.25) is 24.1 Å². The topological polar surface area (TPSA) is 345 Å². The predicted molar refractivity (Wildman–Crippen MR) is 458 cm³/mol. The van der Waals surface area contributed by atoms with Crippen LogP contribution in [0, 0.1) is 69.8 Å². The number of hydroxylamine groups is 4. The minimum absolute atomic E-state index is 0.0531. The Hall–Kier alpha value is -9.48. The summed E-state index contributed by atoms with van der Waals surface area (Å²) in [6.07, 6.45) is 1.87. The zero-order valence-electron chi connectivity index (χ0n) is 72.2. The largest absolute Gasteiger partial charge is 0.496 e. The molecule has 6 saturated carbocycles. The minimum Gasteiger partial charge on any atom is -0.496 e. The molecule has 2 heterocycles. The number of methoxy groups -OCH3 is 2. The van der Waals surface area contributed by atoms with Crippen molar-refractivity contribution in [1.82, 2.24) is 35.9 Å². The van der Waals surface area contributed by atoms with Gasteiger partial charge >= 0.3 is 5.97 Å². The standard InChI is InChI=1S/C45H61FN8O5.C34H45FN6O6.C11H18N2/c1-26-36-21-31(45(36,3)4)22-38(26)50-44(57)41-40(27(2)55)39(23-48-51-47)59-54(41)25-35-37(46)16-15-34(42(35)58-9)29-18-30(20-33(19-29)53(7)8)43(56)49-32(24-52(5)6)17-28-13-11-10-12-14-28;1-17-25-13-21(34(25,3)4)14-27(17)38-32(43)30-29(18(2)42)28(15-37-39-36)47-41(30)16-24-26(35)9-8-23(31(24)46-7)19-10-20(33(44)45)12-22(11-19)40(5)6;1-13(2)9-11(12)8-10-6-4-3-5-7-10/h10-16,18-20,26-27,31-32,36,38-41,55H,17,21-25H2,1-9H3,(H,49,56)(H,50,57);8-12,17-18,21,25,27-30,42H,13-16H2,1-7H3,(H,38,43)(H,44,45);3-7,11H,8-9,12H2,1-2H3/t26-,27-,31+,32-,36-,38-,39-,40+,41-;17-,18-,21+,25-,27-,28-,29+,30-;11-/m000/s1. The zero-order valence-corrected chi connectivity index (χ0v) is 72.2. The van der Waals surface area contributed by atoms with Crippen LogP contribution < -0.4 is 41.0 Å². The minimum atomic E-state index is -1.11. The first-order chi connectivity index (χ1) is 56.4. The maximum Gasteiger partial charge on any atom is 0.335 e. The van der Waals surface area contributed by atoms with Crippen molar-refractivity contribution < 1.29 is 62.4 Å². The molecule has 0 spiro atoms. The number of benzene rings is 6. The number of rotatable bonds is 31. The summed E-state index contributed by atoms with van der Waals surface area (Å²) in [6, 6.07) is 34.4. The monoisotopic (exact) mass is 1640 g/mol. The molecule has 644 valence electrons. The molecule has 2 saturated heterocycles. The van der Waals surface area contributed by atoms with E-state index in [9.17, 15) is 40.0 Å². The summed E-state index contributed by atoms with van der Waals surface area (Å²) in [5, 5.41) is 51.7. The van der Waals surface area contributed by atoms with Gasteiger partial charge in [-0.2, -0.15) is 10.1 Å². The van der Waals surface area contributed by atoms with Crippen molar-refractivity contribution in [2.75, 3.05) is 107 Å². The van der Waals surface area contributed by atoms with Gasteiger partial charge in [0.15, 0.2) is 0 Å². The first-order valence-electron chi connectivity index (χ1n) is 41.3. The second-order valence-corrected chi connectivity index (χ2v) is 35.6. The Morgan fingerprint density at radius 2 is 1.00 bits per heavy atom. The Morgan fingerprint density at radius 3 is 1.36 bits per heavy atom. The van der Waals surface area contributed by atoms with Crippen LogP contribution >= 0.6 is 0 Å². The molecule has 0 radical (unpaired) electrons. The first kappa shape index (κ1) is 91.8. The number of hydrogen-bond acceptors (Lipinski definition) is 19. The van der Waals surface area contributed by atoms with Crippen molar-refractivity contribution in [2.45, 2.75) is 168 Å². The van der Waals surface area contributed by atoms with Gasteiger partial charge in [0.2, 0.25) is 11.8 Å². The van der Waals surface area contributed by atoms with E-state index >= 15 is 8.78 Å². The molecule has 14 rings (SSSR count). The van der Waals surface area contributed by atoms with E-state index in [1.54, 1.807) is 57.1 Å². The molecule has 2 aliphatic heterocycles. The van der Waals surface area contributed by atoms with Crippen LogP contribution in [-0.2, 0) is 45.2 Å². The van der Waals surface area contributed by atoms with Gasteiger partial charge < -0.3 is 66.1 Å². The summed E-state index contributed by atoms with van der Waals surface area (Å²) in [5.74, 6) is -1.97. The third-order valence-corrected chi connectivity index (χ3v) is 26.0. The molecule has 29 heteroatoms. The van der Waals surface area contributed by atoms with Crippen molar-refractivity contribution in [3.8, 4) is 33.8 Å². The summed E-state index contributed by atoms with van der Waals surface area (Å²) < 4.78 is 43.7. The number of carboxylic acids is 1. The molecule has 27 nitrogen and oxygen atoms in total. The van der Waals surface area contributed by atoms with Crippen LogP contribution in [0.3, 0.4) is 0 Å². The van der Waals surface area contributed by atoms with Gasteiger partial charge in [-0.25, -0.2) is 13.6 Å². The number of likely N-dealkylation sites (N-methyl/N-ethyl adjacent to an activating group) is 2. The highest BCUT2D eigenvalue weighted by Crippen LogP contribution is 2.62. The Kier molecular flexibility index (Phi) is 30.7. The van der Waals surface area contributed by atoms with E-state index in [-0.39, 0.29) is 119 Å². The number of nitrogens with zero attached hydrogens (tertiary/aromatic N) is 12. The van der Waals surface area contributed by atoms with Crippen LogP contribution in [0.4, 0.5) is 20.2 Å². The summed E-state index contributed by atoms with van der Waals surface area (Å²) >= 11 is 0. The molecule has 0 aromatic heterocycles. The first-order valence-corrected chi connectivity index (χ1v) is 41.3. The lowest BCUT2D eigenvalue weighted by Crippen LogP contribution is -2.62. The highest BCUT2D eigenvalue weighted by Gasteiger charge is 2.60. The number of amides is 3. The van der Waals surface area contributed by atoms with Gasteiger partial charge in [-0.05, 0) is 221 Å². The second-order valence-electron chi connectivity index (χ2n) is 35.6. The Morgan fingerprint density at radius 1 is 0.597 bits per heavy atom. The lowest BCUT2D eigenvalue weighted by Gasteiger charge is -2.62. The van der Waals surface area contributed by atoms with Crippen LogP contribution in [0.1, 0.15) is 124 Å². The normalized spacial score (nSPS) is 25.4. The average Bonchev–Trinajstić information content (AvgIpc) is 1.09. The van der Waals surface area contributed by atoms with Crippen molar-refractivity contribution >= 4 is 35.1 Å². The third-order valence-electron chi connectivity index (χ3n) is 26.0. The Balaban J connectivity index is 0.000000221. The van der Waals surface area contributed by atoms with Gasteiger partial charge in [0.25, 0.3) is 5.91 Å². The van der Waals surface area contributed by atoms with E-state index in [0.29, 0.717) is 70.1 Å². The Labute approximate surface area is 699 Å². The van der Waals surface area contributed by atoms with Crippen LogP contribution in [0.5, 0.6) is 11.5 Å². The van der Waals surface area contributed by atoms with E-state index < -0.39 is 65.9 Å². The molecule has 8 N–H and O–H groups in total. The number of aliphatic hydroxyl groups excluding tert-OH is 2. The quantitative estimate of drug-likeness (QED) is 0.0121. The number of nitrogens with two attached hydrogens (primary N) is 1. The lowest BCUT2D eigenvalue weighted by molar-refractivity contribution is -0.176. The number of anilines is 2. The van der Waals surface area contributed by atoms with Crippen molar-refractivity contribution in [3.05, 3.63) is 187 Å². The molecule has 18 atom stereocenters. The Bertz CT molecular complexity index is 4600. The predicted octanol–water partition coefficient (Wildman–Crippen LogP) is 12.8. The third kappa shape index (κ3) is 21.3. The SMILES string of the molecule is CN(C)C[C@@H](N)Cc1ccccc1.COc1c(-c2cc(C(=O)N[C@@H](Cc3ccccc3)CN(C)C)cc(N(C)C)c2)ccc(F)c1CN1O[C@@H](CN=[N+]=[N-])[C@@H]([C@H](C)O)[C@H]1C(=O)N[C@H]1C[C@H]2C[C@@H]([C@@H]1C)C2(C)C.COc1c(-c2cc(C(=O)O)cc(N(C)C)c2)ccc(F)c1CN1O[C@@H](CN=[N+]=[N-])[C@@H]([C@H](C)O)[C@H]1C(=O)N[C@H]1C[C@H]2C[C@@H]([C@@H]1C)C2(C)C. The van der Waals surface area contributed by atoms with E-state index in [1.807, 2.05) is 101 Å². The molecule has 6 aromatic rings. The number of carbonyl (C=O) groups excluding carboxylic acids is 3. The van der Waals surface area contributed by atoms with Crippen LogP contribution in [0.15, 0.2) is 132 Å². The molecule has 8 aliphatic rings. The fraction of sp³-hybridized carbons (Fsp3) is 0.556. The van der Waals surface area contributed by atoms with Gasteiger partial charge in [-0.15, -0.1) is 0 Å². The molecule has 6 aliphatic carbocycles. The number of aliphatic hydroxyl groups is 2. The zero-order chi connectivity index (χ0) is 86.8. The number of ether oxygens (including phenoxy) is 2. The average molecular weight is 1640 g/mol. The molecule has 119 heavy (non-hydrogen) atoms. The second kappa shape index (κ2) is 39.8. The van der Waals surface area contributed by atoms with Crippen LogP contribution in [0.25, 0.3) is 43.1 Å². The maximum atomic E-state index is 16.2. The smallest absolute Gasteiger partial charge is 0.335 e. The van der Waals surface area contributed by atoms with Crippen molar-refractivity contribution in [1.29, 1.82) is 0 Å². The maximum absolute atomic E-state index is 16.2. The van der Waals surface area contributed by atoms with Gasteiger partial charge in [-0.1, -0.05) is 112 Å². The van der Waals surface area contributed by atoms with E-state index in [4.69, 9.17) is 30.4 Å². The number of aromatic carboxylic acids is 1. The van der Waals surface area contributed by atoms with Gasteiger partial charge in [0.05, 0.1) is 70.4 Å². The number of carbonyl (C=O) groups is 4. The van der Waals surface area contributed by atoms with Gasteiger partial charge in [0.1, 0.15) is 35.2 Å². The molecular weight excluding hydrogens is 1520 g/mol. The molecule has 4 bridgehead atoms. The van der Waals surface area contributed by atoms with Gasteiger partial charge in [0, 0.05) is 126 Å². The van der Waals surface area contributed by atoms with Crippen molar-refractivity contribution in [3.63, 3.8) is 0 Å². The van der Waals surface area contributed by atoms with E-state index in [2.05, 4.69) is 107 Å². The van der Waals surface area contributed by atoms with E-state index in [0.717, 1.165) is 49.9 Å². The lowest BCUT2D eigenvalue weighted by atomic mass is 9.45. The van der Waals surface area contributed by atoms with E-state index in [1.165, 1.54) is 54.2 Å². The fourth-order valence-corrected chi connectivity index (χ4v) is 19.5. The van der Waals surface area contributed by atoms with Crippen LogP contribution in [0.2, 0.25) is 0 Å². The number of nitrogens with one attached hydrogen (secondary N) is 3. The number of carboxylic acid groups (broad SMARTS) is 1. The fourth-order valence-electron chi connectivity index (χ4n) is 19.5. The highest BCUT2D eigenvalue weighted by atomic mass is 19.1. The summed E-state index contributed by atoms with van der Waals surface area (Å²) in [7, 11) is 18.2. The molecule has 0 unspecified atom stereocenters. The number of halogens is 2. The van der Waals surface area contributed by atoms with Crippen molar-refractivity contribution in [2.24, 2.45) is 74.1 Å². The molecule has 8 fully saturated rings. The highest BCUT2D eigenvalue weighted by molar-refractivity contribution is 5.97.